The Balaban J connectivity index is 1.82. The van der Waals surface area contributed by atoms with Crippen LogP contribution in [0.3, 0.4) is 0 Å². The molecule has 1 heterocycles. The number of benzene rings is 2. The number of aliphatic hydroxyl groups excluding tert-OH is 1. The summed E-state index contributed by atoms with van der Waals surface area (Å²) in [6, 6.07) is 6.37. The Morgan fingerprint density at radius 3 is 2.14 bits per heavy atom. The van der Waals surface area contributed by atoms with Crippen LogP contribution in [-0.2, 0) is 21.4 Å². The van der Waals surface area contributed by atoms with Crippen LogP contribution in [0.1, 0.15) is 51.5 Å². The molecule has 3 atom stereocenters. The van der Waals surface area contributed by atoms with Gasteiger partial charge in [-0.2, -0.15) is 8.78 Å². The lowest BCUT2D eigenvalue weighted by Gasteiger charge is -2.29. The number of hydrogen-bond acceptors (Lipinski definition) is 6. The number of halogens is 4. The van der Waals surface area contributed by atoms with Crippen LogP contribution in [-0.4, -0.2) is 57.9 Å². The SMILES string of the molecule is CC(C)[C@H](NC(=O)c1cc2ccccc2n1C)C(=O)NC(CC(=O)OC(C)(C)C)C(O)COc1c(F)c(F)cc(F)c1F. The molecule has 2 amide bonds. The number of aliphatic hydroxyl groups is 1. The summed E-state index contributed by atoms with van der Waals surface area (Å²) in [6.45, 7) is 7.15. The molecule has 0 spiro atoms. The van der Waals surface area contributed by atoms with Gasteiger partial charge in [-0.15, -0.1) is 0 Å². The zero-order chi connectivity index (χ0) is 32.2. The van der Waals surface area contributed by atoms with E-state index in [0.717, 1.165) is 10.9 Å². The number of aromatic nitrogens is 1. The predicted molar refractivity (Wildman–Crippen MR) is 149 cm³/mol. The van der Waals surface area contributed by atoms with Crippen molar-refractivity contribution in [3.63, 3.8) is 0 Å². The molecule has 0 fully saturated rings. The lowest BCUT2D eigenvalue weighted by atomic mass is 10.0. The monoisotopic (exact) mass is 609 g/mol. The van der Waals surface area contributed by atoms with E-state index in [1.165, 1.54) is 0 Å². The second-order valence-electron chi connectivity index (χ2n) is 11.4. The van der Waals surface area contributed by atoms with E-state index in [4.69, 9.17) is 9.47 Å². The third kappa shape index (κ3) is 8.25. The number of carbonyl (C=O) groups excluding carboxylic acids is 3. The van der Waals surface area contributed by atoms with Crippen LogP contribution in [0.25, 0.3) is 10.9 Å². The fourth-order valence-corrected chi connectivity index (χ4v) is 4.34. The summed E-state index contributed by atoms with van der Waals surface area (Å²) in [6.07, 6.45) is -2.43. The summed E-state index contributed by atoms with van der Waals surface area (Å²) in [7, 11) is 1.70. The fourth-order valence-electron chi connectivity index (χ4n) is 4.34. The molecule has 0 aliphatic carbocycles. The van der Waals surface area contributed by atoms with Gasteiger partial charge in [-0.1, -0.05) is 32.0 Å². The van der Waals surface area contributed by atoms with E-state index in [9.17, 15) is 37.1 Å². The molecule has 2 unspecified atom stereocenters. The first-order chi connectivity index (χ1) is 20.0. The molecule has 43 heavy (non-hydrogen) atoms. The van der Waals surface area contributed by atoms with E-state index in [-0.39, 0.29) is 11.8 Å². The highest BCUT2D eigenvalue weighted by molar-refractivity contribution is 6.00. The number of ether oxygens (including phenoxy) is 2. The average Bonchev–Trinajstić information content (AvgIpc) is 3.25. The first-order valence-electron chi connectivity index (χ1n) is 13.5. The van der Waals surface area contributed by atoms with Crippen LogP contribution in [0.2, 0.25) is 0 Å². The smallest absolute Gasteiger partial charge is 0.308 e. The number of carbonyl (C=O) groups is 3. The molecular formula is C30H35F4N3O6. The summed E-state index contributed by atoms with van der Waals surface area (Å²) in [4.78, 5) is 39.2. The zero-order valence-corrected chi connectivity index (χ0v) is 24.6. The van der Waals surface area contributed by atoms with Crippen molar-refractivity contribution in [3.05, 3.63) is 65.4 Å². The molecule has 13 heteroatoms. The van der Waals surface area contributed by atoms with Gasteiger partial charge in [0.1, 0.15) is 30.0 Å². The van der Waals surface area contributed by atoms with Crippen molar-refractivity contribution in [1.82, 2.24) is 15.2 Å². The zero-order valence-electron chi connectivity index (χ0n) is 24.6. The van der Waals surface area contributed by atoms with Crippen molar-refractivity contribution < 1.29 is 46.5 Å². The van der Waals surface area contributed by atoms with Gasteiger partial charge in [0.15, 0.2) is 17.4 Å². The maximum atomic E-state index is 14.1. The van der Waals surface area contributed by atoms with Crippen molar-refractivity contribution in [2.75, 3.05) is 6.61 Å². The third-order valence-electron chi connectivity index (χ3n) is 6.49. The van der Waals surface area contributed by atoms with Crippen LogP contribution in [0.4, 0.5) is 17.6 Å². The molecule has 3 N–H and O–H groups in total. The Labute approximate surface area is 246 Å². The van der Waals surface area contributed by atoms with Crippen LogP contribution < -0.4 is 15.4 Å². The Morgan fingerprint density at radius 1 is 0.977 bits per heavy atom. The molecular weight excluding hydrogens is 574 g/mol. The van der Waals surface area contributed by atoms with Crippen LogP contribution >= 0.6 is 0 Å². The quantitative estimate of drug-likeness (QED) is 0.171. The topological polar surface area (TPSA) is 119 Å². The summed E-state index contributed by atoms with van der Waals surface area (Å²) in [5.74, 6) is -11.2. The van der Waals surface area contributed by atoms with E-state index in [1.54, 1.807) is 52.3 Å². The minimum Gasteiger partial charge on any atom is -0.485 e. The largest absolute Gasteiger partial charge is 0.485 e. The molecule has 3 rings (SSSR count). The van der Waals surface area contributed by atoms with Gasteiger partial charge in [0.2, 0.25) is 17.5 Å². The summed E-state index contributed by atoms with van der Waals surface area (Å²) in [5.41, 5.74) is 0.153. The van der Waals surface area contributed by atoms with E-state index in [2.05, 4.69) is 10.6 Å². The Kier molecular flexibility index (Phi) is 10.4. The van der Waals surface area contributed by atoms with Crippen molar-refractivity contribution in [2.24, 2.45) is 13.0 Å². The molecule has 0 saturated carbocycles. The molecule has 0 radical (unpaired) electrons. The van der Waals surface area contributed by atoms with Crippen LogP contribution in [0, 0.1) is 29.2 Å². The van der Waals surface area contributed by atoms with Crippen LogP contribution in [0.5, 0.6) is 5.75 Å². The van der Waals surface area contributed by atoms with Crippen LogP contribution in [0.15, 0.2) is 36.4 Å². The molecule has 0 aliphatic rings. The van der Waals surface area contributed by atoms with E-state index >= 15 is 0 Å². The fraction of sp³-hybridized carbons (Fsp3) is 0.433. The highest BCUT2D eigenvalue weighted by Crippen LogP contribution is 2.27. The number of hydrogen-bond donors (Lipinski definition) is 3. The van der Waals surface area contributed by atoms with Gasteiger partial charge in [-0.3, -0.25) is 14.4 Å². The highest BCUT2D eigenvalue weighted by atomic mass is 19.2. The Hall–Kier alpha value is -4.13. The number of rotatable bonds is 11. The summed E-state index contributed by atoms with van der Waals surface area (Å²) < 4.78 is 67.2. The van der Waals surface area contributed by atoms with Crippen molar-refractivity contribution >= 4 is 28.7 Å². The number of esters is 1. The lowest BCUT2D eigenvalue weighted by Crippen LogP contribution is -2.56. The minimum absolute atomic E-state index is 0.00208. The number of fused-ring (bicyclic) bond motifs is 1. The van der Waals surface area contributed by atoms with Gasteiger partial charge in [-0.05, 0) is 38.8 Å². The maximum Gasteiger partial charge on any atom is 0.308 e. The van der Waals surface area contributed by atoms with Gasteiger partial charge in [0, 0.05) is 24.0 Å². The molecule has 234 valence electrons. The number of nitrogens with zero attached hydrogens (tertiary/aromatic N) is 1. The Bertz CT molecular complexity index is 1480. The summed E-state index contributed by atoms with van der Waals surface area (Å²) >= 11 is 0. The summed E-state index contributed by atoms with van der Waals surface area (Å²) in [5, 5.41) is 16.8. The van der Waals surface area contributed by atoms with Gasteiger partial charge < -0.3 is 29.8 Å². The molecule has 0 aliphatic heterocycles. The lowest BCUT2D eigenvalue weighted by molar-refractivity contribution is -0.156. The Morgan fingerprint density at radius 2 is 1.58 bits per heavy atom. The number of para-hydroxylation sites is 1. The minimum atomic E-state index is -1.82. The first kappa shape index (κ1) is 33.4. The number of aryl methyl sites for hydroxylation is 1. The maximum absolute atomic E-state index is 14.1. The molecule has 0 bridgehead atoms. The van der Waals surface area contributed by atoms with Gasteiger partial charge in [-0.25, -0.2) is 8.78 Å². The van der Waals surface area contributed by atoms with Crippen molar-refractivity contribution in [3.8, 4) is 5.75 Å². The highest BCUT2D eigenvalue weighted by Gasteiger charge is 2.33. The van der Waals surface area contributed by atoms with E-state index in [1.807, 2.05) is 24.3 Å². The van der Waals surface area contributed by atoms with Gasteiger partial charge in [0.05, 0.1) is 12.5 Å². The number of nitrogens with one attached hydrogen (secondary N) is 2. The van der Waals surface area contributed by atoms with Gasteiger partial charge >= 0.3 is 5.97 Å². The van der Waals surface area contributed by atoms with Crippen molar-refractivity contribution in [2.45, 2.75) is 64.8 Å². The standard InChI is InChI=1S/C30H35F4N3O6/c1-15(2)26(36-28(40)21-11-16-9-7-8-10-20(16)37(21)6)29(41)35-19(13-23(39)43-30(3,4)5)22(38)14-42-27-24(33)17(31)12-18(32)25(27)34/h7-12,15,19,22,26,38H,13-14H2,1-6H3,(H,35,41)(H,36,40)/t19?,22?,26-/m0/s1. The number of amides is 2. The van der Waals surface area contributed by atoms with E-state index < -0.39 is 89.5 Å². The predicted octanol–water partition coefficient (Wildman–Crippen LogP) is 4.15. The molecule has 2 aromatic carbocycles. The molecule has 9 nitrogen and oxygen atoms in total. The van der Waals surface area contributed by atoms with Crippen molar-refractivity contribution in [1.29, 1.82) is 0 Å². The second-order valence-corrected chi connectivity index (χ2v) is 11.4. The second kappa shape index (κ2) is 13.4. The molecule has 3 aromatic rings. The molecule has 0 saturated heterocycles. The van der Waals surface area contributed by atoms with E-state index in [0.29, 0.717) is 0 Å². The molecule has 1 aromatic heterocycles. The normalized spacial score (nSPS) is 13.9. The third-order valence-corrected chi connectivity index (χ3v) is 6.49. The average molecular weight is 610 g/mol. The first-order valence-corrected chi connectivity index (χ1v) is 13.5. The van der Waals surface area contributed by atoms with Gasteiger partial charge in [0.25, 0.3) is 5.91 Å².